The van der Waals surface area contributed by atoms with Crippen LogP contribution in [0.3, 0.4) is 0 Å². The molecule has 0 bridgehead atoms. The number of carbonyl (C=O) groups is 2. The minimum Gasteiger partial charge on any atom is -0.434 e. The molecule has 0 aromatic carbocycles. The number of esters is 1. The van der Waals surface area contributed by atoms with Gasteiger partial charge in [-0.2, -0.15) is 0 Å². The third kappa shape index (κ3) is 2.02. The predicted octanol–water partition coefficient (Wildman–Crippen LogP) is -0.244. The van der Waals surface area contributed by atoms with E-state index in [9.17, 15) is 9.59 Å². The highest BCUT2D eigenvalue weighted by atomic mass is 17.2. The molecule has 0 amide bonds. The number of hydrogen-bond donors (Lipinski definition) is 0. The molecule has 0 saturated carbocycles. The second kappa shape index (κ2) is 3.17. The summed E-state index contributed by atoms with van der Waals surface area (Å²) < 4.78 is 4.39. The van der Waals surface area contributed by atoms with Gasteiger partial charge in [0.05, 0.1) is 12.8 Å². The summed E-state index contributed by atoms with van der Waals surface area (Å²) in [4.78, 5) is 29.2. The van der Waals surface area contributed by atoms with E-state index in [4.69, 9.17) is 0 Å². The zero-order valence-electron chi connectivity index (χ0n) is 5.16. The Kier molecular flexibility index (Phi) is 2.22. The molecule has 1 heterocycles. The molecule has 0 radical (unpaired) electrons. The fraction of sp³-hybridized carbons (Fsp3) is 0.600. The van der Waals surface area contributed by atoms with Crippen molar-refractivity contribution in [2.45, 2.75) is 12.8 Å². The lowest BCUT2D eigenvalue weighted by molar-refractivity contribution is -0.309. The molecule has 1 aliphatic heterocycles. The average Bonchev–Trinajstić information content (AvgIpc) is 1.90. The zero-order chi connectivity index (χ0) is 7.40. The standard InChI is InChI=1S/C5H6O5/c6-4-1-2-5(7)10-9-3-8-4/h1-3H2. The Morgan fingerprint density at radius 1 is 1.10 bits per heavy atom. The van der Waals surface area contributed by atoms with Crippen LogP contribution < -0.4 is 0 Å². The highest BCUT2D eigenvalue weighted by Gasteiger charge is 2.13. The van der Waals surface area contributed by atoms with Crippen LogP contribution in [0.1, 0.15) is 12.8 Å². The van der Waals surface area contributed by atoms with Crippen LogP contribution in [0.15, 0.2) is 0 Å². The molecule has 1 rings (SSSR count). The number of carbonyl (C=O) groups excluding carboxylic acids is 2. The molecule has 56 valence electrons. The molecular formula is C5H6O5. The van der Waals surface area contributed by atoms with Gasteiger partial charge in [-0.05, 0) is 0 Å². The van der Waals surface area contributed by atoms with Crippen molar-refractivity contribution in [3.8, 4) is 0 Å². The van der Waals surface area contributed by atoms with Crippen LogP contribution in [0.25, 0.3) is 0 Å². The lowest BCUT2D eigenvalue weighted by atomic mass is 10.3. The molecular weight excluding hydrogens is 140 g/mol. The Morgan fingerprint density at radius 2 is 1.80 bits per heavy atom. The zero-order valence-corrected chi connectivity index (χ0v) is 5.16. The van der Waals surface area contributed by atoms with Gasteiger partial charge in [0, 0.05) is 0 Å². The van der Waals surface area contributed by atoms with Crippen molar-refractivity contribution >= 4 is 11.9 Å². The van der Waals surface area contributed by atoms with E-state index in [1.54, 1.807) is 0 Å². The fourth-order valence-electron chi connectivity index (χ4n) is 0.498. The molecule has 0 aromatic heterocycles. The molecule has 1 fully saturated rings. The summed E-state index contributed by atoms with van der Waals surface area (Å²) in [5.41, 5.74) is 0. The molecule has 5 nitrogen and oxygen atoms in total. The van der Waals surface area contributed by atoms with Gasteiger partial charge >= 0.3 is 11.9 Å². The second-order valence-electron chi connectivity index (χ2n) is 1.71. The summed E-state index contributed by atoms with van der Waals surface area (Å²) in [6.45, 7) is -0.315. The molecule has 0 spiro atoms. The van der Waals surface area contributed by atoms with Crippen LogP contribution in [-0.4, -0.2) is 18.7 Å². The van der Waals surface area contributed by atoms with E-state index < -0.39 is 11.9 Å². The summed E-state index contributed by atoms with van der Waals surface area (Å²) in [5.74, 6) is -0.992. The maximum atomic E-state index is 10.5. The van der Waals surface area contributed by atoms with Crippen LogP contribution in [0, 0.1) is 0 Å². The van der Waals surface area contributed by atoms with Crippen molar-refractivity contribution in [3.05, 3.63) is 0 Å². The van der Waals surface area contributed by atoms with E-state index >= 15 is 0 Å². The van der Waals surface area contributed by atoms with E-state index in [1.165, 1.54) is 0 Å². The Hall–Kier alpha value is -1.10. The minimum absolute atomic E-state index is 0.0127. The van der Waals surface area contributed by atoms with Crippen LogP contribution in [0.4, 0.5) is 0 Å². The minimum atomic E-state index is -0.545. The number of rotatable bonds is 0. The summed E-state index contributed by atoms with van der Waals surface area (Å²) in [5, 5.41) is 0. The number of ether oxygens (including phenoxy) is 1. The third-order valence-corrected chi connectivity index (χ3v) is 0.953. The molecule has 0 N–H and O–H groups in total. The molecule has 10 heavy (non-hydrogen) atoms. The van der Waals surface area contributed by atoms with Crippen LogP contribution in [0.5, 0.6) is 0 Å². The maximum Gasteiger partial charge on any atom is 0.343 e. The van der Waals surface area contributed by atoms with Gasteiger partial charge in [0.2, 0.25) is 6.79 Å². The number of hydrogen-bond acceptors (Lipinski definition) is 5. The van der Waals surface area contributed by atoms with Gasteiger partial charge in [-0.1, -0.05) is 0 Å². The maximum absolute atomic E-state index is 10.5. The Labute approximate surface area is 56.8 Å². The molecule has 0 aromatic rings. The van der Waals surface area contributed by atoms with E-state index in [0.29, 0.717) is 0 Å². The molecule has 0 aliphatic carbocycles. The monoisotopic (exact) mass is 146 g/mol. The quantitative estimate of drug-likeness (QED) is 0.348. The summed E-state index contributed by atoms with van der Waals surface area (Å²) >= 11 is 0. The first-order chi connectivity index (χ1) is 4.79. The SMILES string of the molecule is O=C1CCC(=O)OOCO1. The van der Waals surface area contributed by atoms with Crippen LogP contribution >= 0.6 is 0 Å². The van der Waals surface area contributed by atoms with Gasteiger partial charge in [0.15, 0.2) is 0 Å². The van der Waals surface area contributed by atoms with E-state index in [1.807, 2.05) is 0 Å². The van der Waals surface area contributed by atoms with E-state index in [0.717, 1.165) is 0 Å². The lowest BCUT2D eigenvalue weighted by Gasteiger charge is -2.07. The average molecular weight is 146 g/mol. The van der Waals surface area contributed by atoms with Crippen LogP contribution in [-0.2, 0) is 24.1 Å². The van der Waals surface area contributed by atoms with Gasteiger partial charge in [-0.3, -0.25) is 9.68 Å². The van der Waals surface area contributed by atoms with E-state index in [-0.39, 0.29) is 19.6 Å². The largest absolute Gasteiger partial charge is 0.434 e. The molecule has 0 atom stereocenters. The smallest absolute Gasteiger partial charge is 0.343 e. The summed E-state index contributed by atoms with van der Waals surface area (Å²) in [7, 11) is 0. The van der Waals surface area contributed by atoms with Gasteiger partial charge in [-0.15, -0.1) is 4.89 Å². The lowest BCUT2D eigenvalue weighted by Crippen LogP contribution is -2.17. The van der Waals surface area contributed by atoms with Gasteiger partial charge in [-0.25, -0.2) is 4.79 Å². The highest BCUT2D eigenvalue weighted by molar-refractivity contribution is 5.77. The molecule has 5 heteroatoms. The Morgan fingerprint density at radius 3 is 2.60 bits per heavy atom. The molecule has 1 saturated heterocycles. The van der Waals surface area contributed by atoms with Crippen molar-refractivity contribution in [1.29, 1.82) is 0 Å². The summed E-state index contributed by atoms with van der Waals surface area (Å²) in [6, 6.07) is 0. The molecule has 0 unspecified atom stereocenters. The first-order valence-corrected chi connectivity index (χ1v) is 2.77. The second-order valence-corrected chi connectivity index (χ2v) is 1.71. The third-order valence-electron chi connectivity index (χ3n) is 0.953. The highest BCUT2D eigenvalue weighted by Crippen LogP contribution is 2.00. The normalized spacial score (nSPS) is 20.4. The van der Waals surface area contributed by atoms with Crippen molar-refractivity contribution in [2.75, 3.05) is 6.79 Å². The Bertz CT molecular complexity index is 134. The molecule has 1 aliphatic rings. The first kappa shape index (κ1) is 7.01. The topological polar surface area (TPSA) is 61.8 Å². The first-order valence-electron chi connectivity index (χ1n) is 2.77. The van der Waals surface area contributed by atoms with Crippen LogP contribution in [0.2, 0.25) is 0 Å². The van der Waals surface area contributed by atoms with Crippen molar-refractivity contribution in [1.82, 2.24) is 0 Å². The van der Waals surface area contributed by atoms with Gasteiger partial charge in [0.1, 0.15) is 0 Å². The Balaban J connectivity index is 2.36. The van der Waals surface area contributed by atoms with E-state index in [2.05, 4.69) is 14.5 Å². The van der Waals surface area contributed by atoms with Gasteiger partial charge in [0.25, 0.3) is 0 Å². The fourth-order valence-corrected chi connectivity index (χ4v) is 0.498. The van der Waals surface area contributed by atoms with Crippen molar-refractivity contribution < 1.29 is 24.1 Å². The number of cyclic esters (lactones) is 1. The van der Waals surface area contributed by atoms with Crippen molar-refractivity contribution in [2.24, 2.45) is 0 Å². The summed E-state index contributed by atoms with van der Waals surface area (Å²) in [6.07, 6.45) is 0.0705. The van der Waals surface area contributed by atoms with Crippen molar-refractivity contribution in [3.63, 3.8) is 0 Å². The predicted molar refractivity (Wildman–Crippen MR) is 27.4 cm³/mol. The van der Waals surface area contributed by atoms with Gasteiger partial charge < -0.3 is 4.74 Å².